The molecule has 7 heteroatoms. The van der Waals surface area contributed by atoms with Gasteiger partial charge in [0.2, 0.25) is 0 Å². The predicted molar refractivity (Wildman–Crippen MR) is 99.3 cm³/mol. The van der Waals surface area contributed by atoms with Gasteiger partial charge in [-0.2, -0.15) is 0 Å². The molecule has 2 fully saturated rings. The SMILES string of the molecule is Cl.Cl.Fc1c(Br)cccc1[C@@H](C1CCOCC1)N1CCNCC1. The molecule has 0 bridgehead atoms. The number of halogens is 4. The first-order valence-corrected chi connectivity index (χ1v) is 8.53. The molecule has 23 heavy (non-hydrogen) atoms. The number of piperazine rings is 1. The fourth-order valence-electron chi connectivity index (χ4n) is 3.49. The lowest BCUT2D eigenvalue weighted by Gasteiger charge is -2.41. The zero-order valence-corrected chi connectivity index (χ0v) is 16.2. The highest BCUT2D eigenvalue weighted by molar-refractivity contribution is 9.10. The third kappa shape index (κ3) is 5.03. The molecule has 2 aliphatic rings. The smallest absolute Gasteiger partial charge is 0.142 e. The van der Waals surface area contributed by atoms with E-state index in [1.54, 1.807) is 6.07 Å². The highest BCUT2D eigenvalue weighted by atomic mass is 79.9. The van der Waals surface area contributed by atoms with E-state index in [0.717, 1.165) is 57.8 Å². The molecular weight excluding hydrogens is 406 g/mol. The van der Waals surface area contributed by atoms with Gasteiger partial charge < -0.3 is 10.1 Å². The predicted octanol–water partition coefficient (Wildman–Crippen LogP) is 3.80. The summed E-state index contributed by atoms with van der Waals surface area (Å²) in [6.07, 6.45) is 2.03. The molecule has 132 valence electrons. The Kier molecular flexibility index (Phi) is 9.34. The zero-order valence-electron chi connectivity index (χ0n) is 13.0. The molecule has 0 amide bonds. The van der Waals surface area contributed by atoms with Crippen LogP contribution in [-0.4, -0.2) is 44.3 Å². The van der Waals surface area contributed by atoms with Gasteiger partial charge in [-0.1, -0.05) is 12.1 Å². The molecule has 0 saturated carbocycles. The molecule has 0 spiro atoms. The first-order chi connectivity index (χ1) is 10.3. The van der Waals surface area contributed by atoms with Crippen molar-refractivity contribution in [2.24, 2.45) is 5.92 Å². The Morgan fingerprint density at radius 3 is 2.48 bits per heavy atom. The van der Waals surface area contributed by atoms with Crippen molar-refractivity contribution in [1.82, 2.24) is 10.2 Å². The standard InChI is InChI=1S/C16H22BrFN2O.2ClH/c17-14-3-1-2-13(15(14)18)16(12-4-10-21-11-5-12)20-8-6-19-7-9-20;;/h1-3,12,16,19H,4-11H2;2*1H/t16-;;/m1../s1. The van der Waals surface area contributed by atoms with Crippen molar-refractivity contribution in [1.29, 1.82) is 0 Å². The van der Waals surface area contributed by atoms with Crippen LogP contribution in [0.15, 0.2) is 22.7 Å². The number of benzene rings is 1. The molecule has 1 atom stereocenters. The van der Waals surface area contributed by atoms with Crippen LogP contribution < -0.4 is 5.32 Å². The molecule has 0 radical (unpaired) electrons. The van der Waals surface area contributed by atoms with E-state index in [4.69, 9.17) is 4.74 Å². The lowest BCUT2D eigenvalue weighted by molar-refractivity contribution is 0.0202. The van der Waals surface area contributed by atoms with Gasteiger partial charge in [-0.05, 0) is 40.8 Å². The van der Waals surface area contributed by atoms with Crippen LogP contribution in [0.5, 0.6) is 0 Å². The van der Waals surface area contributed by atoms with E-state index in [9.17, 15) is 4.39 Å². The Bertz CT molecular complexity index is 465. The summed E-state index contributed by atoms with van der Waals surface area (Å²) >= 11 is 3.33. The summed E-state index contributed by atoms with van der Waals surface area (Å²) in [5, 5.41) is 3.38. The van der Waals surface area contributed by atoms with Crippen molar-refractivity contribution < 1.29 is 9.13 Å². The van der Waals surface area contributed by atoms with Crippen LogP contribution in [0.3, 0.4) is 0 Å². The van der Waals surface area contributed by atoms with Crippen LogP contribution in [-0.2, 0) is 4.74 Å². The van der Waals surface area contributed by atoms with E-state index in [0.29, 0.717) is 10.4 Å². The Labute approximate surface area is 158 Å². The van der Waals surface area contributed by atoms with Crippen molar-refractivity contribution >= 4 is 40.7 Å². The van der Waals surface area contributed by atoms with Crippen LogP contribution >= 0.6 is 40.7 Å². The summed E-state index contributed by atoms with van der Waals surface area (Å²) < 4.78 is 20.7. The number of rotatable bonds is 3. The third-order valence-electron chi connectivity index (χ3n) is 4.56. The fourth-order valence-corrected chi connectivity index (χ4v) is 3.87. The molecule has 1 N–H and O–H groups in total. The van der Waals surface area contributed by atoms with Gasteiger partial charge in [0.25, 0.3) is 0 Å². The minimum atomic E-state index is -0.104. The number of nitrogens with zero attached hydrogens (tertiary/aromatic N) is 1. The lowest BCUT2D eigenvalue weighted by atomic mass is 9.85. The van der Waals surface area contributed by atoms with Crippen molar-refractivity contribution in [3.8, 4) is 0 Å². The Balaban J connectivity index is 0.00000132. The van der Waals surface area contributed by atoms with Crippen LogP contribution in [0.25, 0.3) is 0 Å². The first kappa shape index (κ1) is 21.1. The normalized spacial score (nSPS) is 21.1. The highest BCUT2D eigenvalue weighted by Crippen LogP contribution is 2.37. The summed E-state index contributed by atoms with van der Waals surface area (Å²) in [5.74, 6) is 0.369. The van der Waals surface area contributed by atoms with Gasteiger partial charge in [0, 0.05) is 51.0 Å². The summed E-state index contributed by atoms with van der Waals surface area (Å²) in [5.41, 5.74) is 0.832. The summed E-state index contributed by atoms with van der Waals surface area (Å²) in [6, 6.07) is 5.82. The van der Waals surface area contributed by atoms with E-state index < -0.39 is 0 Å². The molecule has 0 aromatic heterocycles. The number of ether oxygens (including phenoxy) is 1. The average Bonchev–Trinajstić information content (AvgIpc) is 2.54. The number of hydrogen-bond acceptors (Lipinski definition) is 3. The van der Waals surface area contributed by atoms with Gasteiger partial charge in [0.15, 0.2) is 0 Å². The molecule has 3 rings (SSSR count). The number of hydrogen-bond donors (Lipinski definition) is 1. The van der Waals surface area contributed by atoms with E-state index in [-0.39, 0.29) is 36.7 Å². The Hall–Kier alpha value is 0.0900. The quantitative estimate of drug-likeness (QED) is 0.790. The fraction of sp³-hybridized carbons (Fsp3) is 0.625. The molecule has 1 aromatic carbocycles. The molecule has 2 saturated heterocycles. The molecule has 0 aliphatic carbocycles. The Morgan fingerprint density at radius 1 is 1.17 bits per heavy atom. The maximum atomic E-state index is 14.6. The molecule has 2 heterocycles. The minimum Gasteiger partial charge on any atom is -0.381 e. The maximum Gasteiger partial charge on any atom is 0.142 e. The van der Waals surface area contributed by atoms with Crippen molar-refractivity contribution in [3.63, 3.8) is 0 Å². The molecule has 1 aromatic rings. The van der Waals surface area contributed by atoms with Gasteiger partial charge in [0.1, 0.15) is 5.82 Å². The largest absolute Gasteiger partial charge is 0.381 e. The second-order valence-corrected chi connectivity index (χ2v) is 6.68. The van der Waals surface area contributed by atoms with Crippen LogP contribution in [0.4, 0.5) is 4.39 Å². The van der Waals surface area contributed by atoms with Gasteiger partial charge >= 0.3 is 0 Å². The summed E-state index contributed by atoms with van der Waals surface area (Å²) in [6.45, 7) is 5.51. The Morgan fingerprint density at radius 2 is 1.83 bits per heavy atom. The summed E-state index contributed by atoms with van der Waals surface area (Å²) in [4.78, 5) is 2.44. The van der Waals surface area contributed by atoms with Crippen LogP contribution in [0.2, 0.25) is 0 Å². The van der Waals surface area contributed by atoms with Gasteiger partial charge in [-0.25, -0.2) is 4.39 Å². The molecule has 0 unspecified atom stereocenters. The maximum absolute atomic E-state index is 14.6. The van der Waals surface area contributed by atoms with Gasteiger partial charge in [-0.3, -0.25) is 4.90 Å². The molecule has 2 aliphatic heterocycles. The average molecular weight is 430 g/mol. The second kappa shape index (κ2) is 10.2. The third-order valence-corrected chi connectivity index (χ3v) is 5.17. The van der Waals surface area contributed by atoms with E-state index in [2.05, 4.69) is 26.1 Å². The van der Waals surface area contributed by atoms with Gasteiger partial charge in [0.05, 0.1) is 4.47 Å². The van der Waals surface area contributed by atoms with Crippen molar-refractivity contribution in [3.05, 3.63) is 34.1 Å². The van der Waals surface area contributed by atoms with E-state index in [1.807, 2.05) is 12.1 Å². The van der Waals surface area contributed by atoms with Gasteiger partial charge in [-0.15, -0.1) is 24.8 Å². The topological polar surface area (TPSA) is 24.5 Å². The van der Waals surface area contributed by atoms with Crippen LogP contribution in [0, 0.1) is 11.7 Å². The van der Waals surface area contributed by atoms with E-state index in [1.165, 1.54) is 0 Å². The second-order valence-electron chi connectivity index (χ2n) is 5.82. The number of nitrogens with one attached hydrogen (secondary N) is 1. The minimum absolute atomic E-state index is 0. The van der Waals surface area contributed by atoms with Crippen molar-refractivity contribution in [2.75, 3.05) is 39.4 Å². The first-order valence-electron chi connectivity index (χ1n) is 7.74. The monoisotopic (exact) mass is 428 g/mol. The highest BCUT2D eigenvalue weighted by Gasteiger charge is 2.33. The lowest BCUT2D eigenvalue weighted by Crippen LogP contribution is -2.47. The van der Waals surface area contributed by atoms with E-state index >= 15 is 0 Å². The molecule has 3 nitrogen and oxygen atoms in total. The van der Waals surface area contributed by atoms with Crippen LogP contribution in [0.1, 0.15) is 24.4 Å². The molecular formula is C16H24BrCl2FN2O. The van der Waals surface area contributed by atoms with Crippen molar-refractivity contribution in [2.45, 2.75) is 18.9 Å². The summed E-state index contributed by atoms with van der Waals surface area (Å²) in [7, 11) is 0. The zero-order chi connectivity index (χ0) is 14.7.